The number of para-hydroxylation sites is 1. The normalized spacial score (nSPS) is 14.3. The number of ether oxygens (including phenoxy) is 3. The number of rotatable bonds is 9. The van der Waals surface area contributed by atoms with Crippen LogP contribution < -0.4 is 14.8 Å². The van der Waals surface area contributed by atoms with Crippen LogP contribution in [-0.2, 0) is 19.1 Å². The molecule has 0 saturated carbocycles. The summed E-state index contributed by atoms with van der Waals surface area (Å²) in [5, 5.41) is 1.72. The van der Waals surface area contributed by atoms with Crippen LogP contribution in [0.3, 0.4) is 0 Å². The molecule has 0 radical (unpaired) electrons. The van der Waals surface area contributed by atoms with Crippen molar-refractivity contribution < 1.29 is 37.8 Å². The first-order chi connectivity index (χ1) is 16.3. The number of anilines is 1. The SMILES string of the molecule is CCOc1cc(C=C2SC(=O)N(CC(=O)Nc3ccccc3F)C2=O)ccc1OCC(=O)OC. The Kier molecular flexibility index (Phi) is 8.25. The summed E-state index contributed by atoms with van der Waals surface area (Å²) in [5.74, 6) is -1.90. The summed E-state index contributed by atoms with van der Waals surface area (Å²) in [7, 11) is 1.24. The van der Waals surface area contributed by atoms with Crippen molar-refractivity contribution in [1.82, 2.24) is 4.90 Å². The molecule has 11 heteroatoms. The molecule has 9 nitrogen and oxygen atoms in total. The average Bonchev–Trinajstić information content (AvgIpc) is 3.07. The van der Waals surface area contributed by atoms with Crippen molar-refractivity contribution in [2.24, 2.45) is 0 Å². The van der Waals surface area contributed by atoms with Gasteiger partial charge in [-0.25, -0.2) is 9.18 Å². The summed E-state index contributed by atoms with van der Waals surface area (Å²) >= 11 is 0.680. The second kappa shape index (κ2) is 11.3. The zero-order chi connectivity index (χ0) is 24.7. The number of hydrogen-bond donors (Lipinski definition) is 1. The Hall–Kier alpha value is -3.86. The molecule has 0 atom stereocenters. The van der Waals surface area contributed by atoms with Gasteiger partial charge in [-0.05, 0) is 54.6 Å². The molecule has 0 aliphatic carbocycles. The third kappa shape index (κ3) is 6.13. The summed E-state index contributed by atoms with van der Waals surface area (Å²) in [6.07, 6.45) is 1.48. The Balaban J connectivity index is 1.72. The van der Waals surface area contributed by atoms with Gasteiger partial charge in [-0.15, -0.1) is 0 Å². The molecule has 1 fully saturated rings. The van der Waals surface area contributed by atoms with Crippen molar-refractivity contribution in [1.29, 1.82) is 0 Å². The second-order valence-corrected chi connectivity index (χ2v) is 7.79. The van der Waals surface area contributed by atoms with Crippen LogP contribution in [0.2, 0.25) is 0 Å². The maximum Gasteiger partial charge on any atom is 0.343 e. The Morgan fingerprint density at radius 1 is 1.12 bits per heavy atom. The molecule has 34 heavy (non-hydrogen) atoms. The molecule has 3 amide bonds. The van der Waals surface area contributed by atoms with E-state index < -0.39 is 35.4 Å². The van der Waals surface area contributed by atoms with Crippen LogP contribution in [0.15, 0.2) is 47.4 Å². The maximum absolute atomic E-state index is 13.7. The van der Waals surface area contributed by atoms with Crippen LogP contribution in [0.5, 0.6) is 11.5 Å². The van der Waals surface area contributed by atoms with E-state index in [9.17, 15) is 23.6 Å². The summed E-state index contributed by atoms with van der Waals surface area (Å²) < 4.78 is 29.2. The van der Waals surface area contributed by atoms with Gasteiger partial charge in [0.05, 0.1) is 24.3 Å². The van der Waals surface area contributed by atoms with E-state index in [-0.39, 0.29) is 17.2 Å². The maximum atomic E-state index is 13.7. The second-order valence-electron chi connectivity index (χ2n) is 6.80. The lowest BCUT2D eigenvalue weighted by atomic mass is 10.2. The van der Waals surface area contributed by atoms with Gasteiger partial charge in [0.25, 0.3) is 11.1 Å². The van der Waals surface area contributed by atoms with E-state index >= 15 is 0 Å². The van der Waals surface area contributed by atoms with Crippen molar-refractivity contribution in [3.63, 3.8) is 0 Å². The van der Waals surface area contributed by atoms with Crippen LogP contribution in [0.25, 0.3) is 6.08 Å². The van der Waals surface area contributed by atoms with Crippen molar-refractivity contribution in [2.45, 2.75) is 6.92 Å². The number of nitrogens with one attached hydrogen (secondary N) is 1. The number of esters is 1. The van der Waals surface area contributed by atoms with Crippen LogP contribution in [0.4, 0.5) is 14.9 Å². The first kappa shape index (κ1) is 24.8. The smallest absolute Gasteiger partial charge is 0.343 e. The van der Waals surface area contributed by atoms with Gasteiger partial charge in [0.1, 0.15) is 12.4 Å². The molecule has 178 valence electrons. The van der Waals surface area contributed by atoms with Crippen LogP contribution in [-0.4, -0.2) is 54.8 Å². The van der Waals surface area contributed by atoms with E-state index in [0.29, 0.717) is 35.4 Å². The third-order valence-electron chi connectivity index (χ3n) is 4.46. The molecule has 2 aromatic rings. The van der Waals surface area contributed by atoms with Gasteiger partial charge in [0.2, 0.25) is 5.91 Å². The molecule has 1 aliphatic rings. The number of carbonyl (C=O) groups excluding carboxylic acids is 4. The minimum Gasteiger partial charge on any atom is -0.490 e. The summed E-state index contributed by atoms with van der Waals surface area (Å²) in [6, 6.07) is 10.3. The van der Waals surface area contributed by atoms with E-state index in [1.54, 1.807) is 31.2 Å². The number of carbonyl (C=O) groups is 4. The number of benzene rings is 2. The molecule has 0 bridgehead atoms. The summed E-state index contributed by atoms with van der Waals surface area (Å²) in [5.41, 5.74) is 0.489. The number of thioether (sulfide) groups is 1. The van der Waals surface area contributed by atoms with Crippen molar-refractivity contribution in [3.05, 3.63) is 58.8 Å². The molecule has 1 aliphatic heterocycles. The topological polar surface area (TPSA) is 111 Å². The van der Waals surface area contributed by atoms with Gasteiger partial charge in [-0.2, -0.15) is 0 Å². The number of amides is 3. The van der Waals surface area contributed by atoms with Gasteiger partial charge < -0.3 is 19.5 Å². The molecule has 0 aromatic heterocycles. The molecule has 3 rings (SSSR count). The lowest BCUT2D eigenvalue weighted by Crippen LogP contribution is -2.36. The average molecular weight is 488 g/mol. The van der Waals surface area contributed by atoms with Crippen molar-refractivity contribution >= 4 is 46.5 Å². The van der Waals surface area contributed by atoms with E-state index in [2.05, 4.69) is 10.1 Å². The van der Waals surface area contributed by atoms with Crippen molar-refractivity contribution in [2.75, 3.05) is 32.2 Å². The van der Waals surface area contributed by atoms with Gasteiger partial charge in [0, 0.05) is 0 Å². The van der Waals surface area contributed by atoms with Crippen LogP contribution in [0, 0.1) is 5.82 Å². The summed E-state index contributed by atoms with van der Waals surface area (Å²) in [4.78, 5) is 49.5. The number of imide groups is 1. The Morgan fingerprint density at radius 3 is 2.59 bits per heavy atom. The molecule has 1 N–H and O–H groups in total. The molecule has 0 spiro atoms. The Morgan fingerprint density at radius 2 is 1.88 bits per heavy atom. The minimum atomic E-state index is -0.709. The van der Waals surface area contributed by atoms with Gasteiger partial charge >= 0.3 is 5.97 Å². The highest BCUT2D eigenvalue weighted by Gasteiger charge is 2.36. The van der Waals surface area contributed by atoms with E-state index in [4.69, 9.17) is 9.47 Å². The van der Waals surface area contributed by atoms with Crippen LogP contribution >= 0.6 is 11.8 Å². The number of hydrogen-bond acceptors (Lipinski definition) is 8. The highest BCUT2D eigenvalue weighted by atomic mass is 32.2. The molecule has 0 unspecified atom stereocenters. The number of nitrogens with zero attached hydrogens (tertiary/aromatic N) is 1. The fraction of sp³-hybridized carbons (Fsp3) is 0.217. The third-order valence-corrected chi connectivity index (χ3v) is 5.37. The molecule has 1 heterocycles. The minimum absolute atomic E-state index is 0.0482. The number of methoxy groups -OCH3 is 1. The molecular weight excluding hydrogens is 467 g/mol. The van der Waals surface area contributed by atoms with Gasteiger partial charge in [-0.3, -0.25) is 19.3 Å². The fourth-order valence-electron chi connectivity index (χ4n) is 2.88. The monoisotopic (exact) mass is 488 g/mol. The predicted molar refractivity (Wildman–Crippen MR) is 123 cm³/mol. The van der Waals surface area contributed by atoms with Gasteiger partial charge in [0.15, 0.2) is 18.1 Å². The lowest BCUT2D eigenvalue weighted by Gasteiger charge is -2.13. The quantitative estimate of drug-likeness (QED) is 0.422. The van der Waals surface area contributed by atoms with Crippen molar-refractivity contribution in [3.8, 4) is 11.5 Å². The Bertz CT molecular complexity index is 1150. The molecule has 1 saturated heterocycles. The summed E-state index contributed by atoms with van der Waals surface area (Å²) in [6.45, 7) is 1.24. The van der Waals surface area contributed by atoms with E-state index in [0.717, 1.165) is 4.90 Å². The fourth-order valence-corrected chi connectivity index (χ4v) is 3.72. The zero-order valence-electron chi connectivity index (χ0n) is 18.3. The zero-order valence-corrected chi connectivity index (χ0v) is 19.1. The standard InChI is InChI=1S/C23H21FN2O7S/c1-3-32-18-10-14(8-9-17(18)33-13-21(28)31-2)11-19-22(29)26(23(30)34-19)12-20(27)25-16-7-5-4-6-15(16)24/h4-11H,3,12-13H2,1-2H3,(H,25,27). The first-order valence-corrected chi connectivity index (χ1v) is 10.9. The Labute approximate surface area is 198 Å². The molecule has 2 aromatic carbocycles. The van der Waals surface area contributed by atoms with Gasteiger partial charge in [-0.1, -0.05) is 18.2 Å². The largest absolute Gasteiger partial charge is 0.490 e. The first-order valence-electron chi connectivity index (χ1n) is 10.1. The highest BCUT2D eigenvalue weighted by molar-refractivity contribution is 8.18. The van der Waals surface area contributed by atoms with E-state index in [1.807, 2.05) is 0 Å². The molecular formula is C23H21FN2O7S. The highest BCUT2D eigenvalue weighted by Crippen LogP contribution is 2.34. The van der Waals surface area contributed by atoms with Crippen LogP contribution in [0.1, 0.15) is 12.5 Å². The predicted octanol–water partition coefficient (Wildman–Crippen LogP) is 3.45. The number of halogens is 1. The lowest BCUT2D eigenvalue weighted by molar-refractivity contribution is -0.143. The van der Waals surface area contributed by atoms with E-state index in [1.165, 1.54) is 31.4 Å².